The molecule has 2 rings (SSSR count). The number of rotatable bonds is 3. The molecular formula is C12H11ClFN3O3S. The number of nitrogens with two attached hydrogens (primary N) is 1. The Morgan fingerprint density at radius 2 is 2.05 bits per heavy atom. The second kappa shape index (κ2) is 5.47. The van der Waals surface area contributed by atoms with Gasteiger partial charge in [-0.15, -0.1) is 0 Å². The number of primary sulfonamides is 1. The zero-order chi connectivity index (χ0) is 15.8. The van der Waals surface area contributed by atoms with Crippen LogP contribution in [0.5, 0.6) is 0 Å². The summed E-state index contributed by atoms with van der Waals surface area (Å²) in [5.41, 5.74) is -0.0933. The first kappa shape index (κ1) is 15.5. The van der Waals surface area contributed by atoms with Crippen molar-refractivity contribution in [3.63, 3.8) is 0 Å². The van der Waals surface area contributed by atoms with Gasteiger partial charge in [-0.1, -0.05) is 11.6 Å². The van der Waals surface area contributed by atoms with E-state index in [0.29, 0.717) is 5.02 Å². The van der Waals surface area contributed by atoms with Crippen LogP contribution in [0.25, 0.3) is 0 Å². The van der Waals surface area contributed by atoms with E-state index in [1.54, 1.807) is 7.05 Å². The standard InChI is InChI=1S/C12H11ClFN3O3S/c1-17-6-7(13)4-11(17)12(18)16-10-5-8(21(15,19)20)2-3-9(10)14/h2-6H,1H3,(H,16,18)(H2,15,19,20). The van der Waals surface area contributed by atoms with Crippen LogP contribution in [-0.4, -0.2) is 18.9 Å². The lowest BCUT2D eigenvalue weighted by Gasteiger charge is -2.08. The topological polar surface area (TPSA) is 94.2 Å². The maximum Gasteiger partial charge on any atom is 0.272 e. The maximum absolute atomic E-state index is 13.7. The summed E-state index contributed by atoms with van der Waals surface area (Å²) in [4.78, 5) is 11.7. The van der Waals surface area contributed by atoms with Crippen molar-refractivity contribution in [2.75, 3.05) is 5.32 Å². The molecular weight excluding hydrogens is 321 g/mol. The van der Waals surface area contributed by atoms with E-state index < -0.39 is 21.7 Å². The molecule has 3 N–H and O–H groups in total. The number of carbonyl (C=O) groups is 1. The number of anilines is 1. The van der Waals surface area contributed by atoms with E-state index in [1.165, 1.54) is 16.8 Å². The summed E-state index contributed by atoms with van der Waals surface area (Å²) in [6.07, 6.45) is 1.51. The molecule has 0 radical (unpaired) electrons. The highest BCUT2D eigenvalue weighted by Crippen LogP contribution is 2.20. The summed E-state index contributed by atoms with van der Waals surface area (Å²) in [6.45, 7) is 0. The predicted molar refractivity (Wildman–Crippen MR) is 76.1 cm³/mol. The molecule has 1 aromatic heterocycles. The predicted octanol–water partition coefficient (Wildman–Crippen LogP) is 1.72. The van der Waals surface area contributed by atoms with Crippen molar-refractivity contribution >= 4 is 33.2 Å². The highest BCUT2D eigenvalue weighted by Gasteiger charge is 2.16. The lowest BCUT2D eigenvalue weighted by Crippen LogP contribution is -2.17. The highest BCUT2D eigenvalue weighted by molar-refractivity contribution is 7.89. The van der Waals surface area contributed by atoms with Crippen molar-refractivity contribution in [1.82, 2.24) is 4.57 Å². The van der Waals surface area contributed by atoms with Crippen LogP contribution < -0.4 is 10.5 Å². The number of aryl methyl sites for hydroxylation is 1. The number of carbonyl (C=O) groups excluding carboxylic acids is 1. The zero-order valence-corrected chi connectivity index (χ0v) is 12.4. The summed E-state index contributed by atoms with van der Waals surface area (Å²) in [6, 6.07) is 4.28. The maximum atomic E-state index is 13.7. The monoisotopic (exact) mass is 331 g/mol. The van der Waals surface area contributed by atoms with E-state index in [4.69, 9.17) is 16.7 Å². The molecule has 0 spiro atoms. The van der Waals surface area contributed by atoms with Gasteiger partial charge in [-0.05, 0) is 24.3 Å². The SMILES string of the molecule is Cn1cc(Cl)cc1C(=O)Nc1cc(S(N)(=O)=O)ccc1F. The van der Waals surface area contributed by atoms with E-state index in [0.717, 1.165) is 18.2 Å². The number of benzene rings is 1. The van der Waals surface area contributed by atoms with Gasteiger partial charge in [0, 0.05) is 13.2 Å². The van der Waals surface area contributed by atoms with Gasteiger partial charge in [-0.2, -0.15) is 0 Å². The smallest absolute Gasteiger partial charge is 0.272 e. The Bertz CT molecular complexity index is 817. The number of amides is 1. The van der Waals surface area contributed by atoms with Gasteiger partial charge in [-0.3, -0.25) is 4.79 Å². The van der Waals surface area contributed by atoms with Crippen LogP contribution >= 0.6 is 11.6 Å². The summed E-state index contributed by atoms with van der Waals surface area (Å²) in [5, 5.41) is 7.59. The Morgan fingerprint density at radius 1 is 1.38 bits per heavy atom. The summed E-state index contributed by atoms with van der Waals surface area (Å²) in [7, 11) is -2.40. The van der Waals surface area contributed by atoms with Gasteiger partial charge in [0.2, 0.25) is 10.0 Å². The fourth-order valence-electron chi connectivity index (χ4n) is 1.71. The Kier molecular flexibility index (Phi) is 4.04. The fourth-order valence-corrected chi connectivity index (χ4v) is 2.50. The quantitative estimate of drug-likeness (QED) is 0.896. The Balaban J connectivity index is 2.35. The third kappa shape index (κ3) is 3.41. The first-order valence-electron chi connectivity index (χ1n) is 5.64. The van der Waals surface area contributed by atoms with Crippen LogP contribution in [0, 0.1) is 5.82 Å². The number of hydrogen-bond donors (Lipinski definition) is 2. The van der Waals surface area contributed by atoms with E-state index in [2.05, 4.69) is 5.32 Å². The van der Waals surface area contributed by atoms with Crippen LogP contribution in [-0.2, 0) is 17.1 Å². The Hall–Kier alpha value is -1.90. The Labute approximate surface area is 125 Å². The minimum Gasteiger partial charge on any atom is -0.345 e. The van der Waals surface area contributed by atoms with E-state index in [-0.39, 0.29) is 16.3 Å². The molecule has 0 bridgehead atoms. The van der Waals surface area contributed by atoms with Gasteiger partial charge < -0.3 is 9.88 Å². The molecule has 0 aliphatic rings. The van der Waals surface area contributed by atoms with Gasteiger partial charge in [0.25, 0.3) is 5.91 Å². The molecule has 0 saturated heterocycles. The minimum absolute atomic E-state index is 0.195. The van der Waals surface area contributed by atoms with Crippen molar-refractivity contribution < 1.29 is 17.6 Å². The molecule has 1 aromatic carbocycles. The van der Waals surface area contributed by atoms with Crippen LogP contribution in [0.3, 0.4) is 0 Å². The fraction of sp³-hybridized carbons (Fsp3) is 0.0833. The molecule has 6 nitrogen and oxygen atoms in total. The van der Waals surface area contributed by atoms with Crippen molar-refractivity contribution in [1.29, 1.82) is 0 Å². The summed E-state index contributed by atoms with van der Waals surface area (Å²) >= 11 is 5.76. The van der Waals surface area contributed by atoms with Crippen LogP contribution in [0.2, 0.25) is 5.02 Å². The van der Waals surface area contributed by atoms with Crippen molar-refractivity contribution in [2.24, 2.45) is 12.2 Å². The lowest BCUT2D eigenvalue weighted by molar-refractivity contribution is 0.101. The zero-order valence-electron chi connectivity index (χ0n) is 10.8. The molecule has 2 aromatic rings. The molecule has 0 saturated carbocycles. The van der Waals surface area contributed by atoms with Gasteiger partial charge in [0.05, 0.1) is 15.6 Å². The number of nitrogens with one attached hydrogen (secondary N) is 1. The van der Waals surface area contributed by atoms with Crippen LogP contribution in [0.4, 0.5) is 10.1 Å². The summed E-state index contributed by atoms with van der Waals surface area (Å²) in [5.74, 6) is -1.41. The van der Waals surface area contributed by atoms with Gasteiger partial charge in [0.15, 0.2) is 0 Å². The first-order valence-corrected chi connectivity index (χ1v) is 7.56. The number of hydrogen-bond acceptors (Lipinski definition) is 3. The van der Waals surface area contributed by atoms with Gasteiger partial charge in [-0.25, -0.2) is 17.9 Å². The average Bonchev–Trinajstić information content (AvgIpc) is 2.70. The van der Waals surface area contributed by atoms with E-state index in [1.807, 2.05) is 0 Å². The molecule has 0 unspecified atom stereocenters. The van der Waals surface area contributed by atoms with Crippen molar-refractivity contribution in [3.05, 3.63) is 47.0 Å². The minimum atomic E-state index is -3.99. The van der Waals surface area contributed by atoms with Gasteiger partial charge >= 0.3 is 0 Å². The number of sulfonamides is 1. The number of nitrogens with zero attached hydrogens (tertiary/aromatic N) is 1. The van der Waals surface area contributed by atoms with E-state index >= 15 is 0 Å². The molecule has 0 fully saturated rings. The molecule has 1 heterocycles. The number of halogens is 2. The molecule has 21 heavy (non-hydrogen) atoms. The first-order chi connectivity index (χ1) is 9.68. The third-order valence-electron chi connectivity index (χ3n) is 2.72. The molecule has 0 aliphatic heterocycles. The summed E-state index contributed by atoms with van der Waals surface area (Å²) < 4.78 is 37.6. The highest BCUT2D eigenvalue weighted by atomic mass is 35.5. The molecule has 1 amide bonds. The average molecular weight is 332 g/mol. The van der Waals surface area contributed by atoms with Crippen LogP contribution in [0.15, 0.2) is 35.4 Å². The van der Waals surface area contributed by atoms with Crippen molar-refractivity contribution in [3.8, 4) is 0 Å². The largest absolute Gasteiger partial charge is 0.345 e. The second-order valence-electron chi connectivity index (χ2n) is 4.30. The van der Waals surface area contributed by atoms with Crippen molar-refractivity contribution in [2.45, 2.75) is 4.90 Å². The molecule has 112 valence electrons. The third-order valence-corrected chi connectivity index (χ3v) is 3.84. The molecule has 0 aliphatic carbocycles. The van der Waals surface area contributed by atoms with E-state index in [9.17, 15) is 17.6 Å². The normalized spacial score (nSPS) is 11.4. The molecule has 9 heteroatoms. The van der Waals surface area contributed by atoms with Gasteiger partial charge in [0.1, 0.15) is 11.5 Å². The molecule has 0 atom stereocenters. The second-order valence-corrected chi connectivity index (χ2v) is 6.29. The van der Waals surface area contributed by atoms with Crippen LogP contribution in [0.1, 0.15) is 10.5 Å². The lowest BCUT2D eigenvalue weighted by atomic mass is 10.3. The number of aromatic nitrogens is 1. The Morgan fingerprint density at radius 3 is 2.57 bits per heavy atom.